The fraction of sp³-hybridized carbons (Fsp3) is 0.182. The summed E-state index contributed by atoms with van der Waals surface area (Å²) in [5.41, 5.74) is 3.82. The Kier molecular flexibility index (Phi) is 4.40. The zero-order chi connectivity index (χ0) is 17.9. The highest BCUT2D eigenvalue weighted by Crippen LogP contribution is 2.39. The molecule has 1 aliphatic heterocycles. The predicted molar refractivity (Wildman–Crippen MR) is 104 cm³/mol. The highest BCUT2D eigenvalue weighted by atomic mass is 16.2. The molecular weight excluding hydrogens is 322 g/mol. The first-order valence-electron chi connectivity index (χ1n) is 8.88. The van der Waals surface area contributed by atoms with Gasteiger partial charge in [-0.1, -0.05) is 36.4 Å². The zero-order valence-corrected chi connectivity index (χ0v) is 14.7. The van der Waals surface area contributed by atoms with E-state index in [9.17, 15) is 4.79 Å². The van der Waals surface area contributed by atoms with Gasteiger partial charge in [0.15, 0.2) is 0 Å². The van der Waals surface area contributed by atoms with Crippen LogP contribution in [-0.2, 0) is 0 Å². The number of para-hydroxylation sites is 2. The molecule has 2 heterocycles. The van der Waals surface area contributed by atoms with Gasteiger partial charge in [0.1, 0.15) is 0 Å². The number of benzene rings is 2. The van der Waals surface area contributed by atoms with Gasteiger partial charge in [0.25, 0.3) is 5.91 Å². The van der Waals surface area contributed by atoms with Crippen LogP contribution in [0, 0.1) is 0 Å². The first-order valence-corrected chi connectivity index (χ1v) is 8.88. The number of pyridine rings is 1. The minimum atomic E-state index is -0.00351. The van der Waals surface area contributed by atoms with E-state index in [0.717, 1.165) is 23.4 Å². The molecular formula is C22H21N3O. The number of anilines is 2. The fourth-order valence-corrected chi connectivity index (χ4v) is 3.62. The van der Waals surface area contributed by atoms with Crippen molar-refractivity contribution in [1.82, 2.24) is 4.98 Å². The molecule has 4 nitrogen and oxygen atoms in total. The number of amides is 1. The molecule has 0 spiro atoms. The summed E-state index contributed by atoms with van der Waals surface area (Å²) < 4.78 is 0. The van der Waals surface area contributed by atoms with E-state index < -0.39 is 0 Å². The summed E-state index contributed by atoms with van der Waals surface area (Å²) >= 11 is 0. The van der Waals surface area contributed by atoms with Crippen LogP contribution in [0.2, 0.25) is 0 Å². The Labute approximate surface area is 153 Å². The van der Waals surface area contributed by atoms with Crippen LogP contribution in [0.3, 0.4) is 0 Å². The average molecular weight is 343 g/mol. The summed E-state index contributed by atoms with van der Waals surface area (Å²) in [6.45, 7) is 2.10. The predicted octanol–water partition coefficient (Wildman–Crippen LogP) is 4.67. The van der Waals surface area contributed by atoms with E-state index in [1.54, 1.807) is 18.5 Å². The molecule has 0 saturated carbocycles. The molecule has 130 valence electrons. The van der Waals surface area contributed by atoms with Gasteiger partial charge in [-0.25, -0.2) is 0 Å². The Morgan fingerprint density at radius 1 is 1.04 bits per heavy atom. The van der Waals surface area contributed by atoms with Gasteiger partial charge in [-0.05, 0) is 49.2 Å². The molecule has 1 amide bonds. The highest BCUT2D eigenvalue weighted by molar-refractivity contribution is 6.07. The summed E-state index contributed by atoms with van der Waals surface area (Å²) in [6.07, 6.45) is 4.16. The molecule has 26 heavy (non-hydrogen) atoms. The van der Waals surface area contributed by atoms with Crippen molar-refractivity contribution in [3.8, 4) is 0 Å². The Bertz CT molecular complexity index is 896. The smallest absolute Gasteiger partial charge is 0.260 e. The van der Waals surface area contributed by atoms with Crippen LogP contribution in [0.5, 0.6) is 0 Å². The molecule has 1 aliphatic rings. The molecule has 0 aliphatic carbocycles. The molecule has 0 saturated heterocycles. The van der Waals surface area contributed by atoms with Crippen LogP contribution < -0.4 is 10.2 Å². The lowest BCUT2D eigenvalue weighted by Gasteiger charge is -2.40. The third-order valence-electron chi connectivity index (χ3n) is 4.83. The van der Waals surface area contributed by atoms with Crippen LogP contribution >= 0.6 is 0 Å². The molecule has 1 aromatic heterocycles. The molecule has 1 unspecified atom stereocenters. The summed E-state index contributed by atoms with van der Waals surface area (Å²) in [5, 5.41) is 3.62. The van der Waals surface area contributed by atoms with E-state index >= 15 is 0 Å². The Morgan fingerprint density at radius 3 is 2.58 bits per heavy atom. The maximum Gasteiger partial charge on any atom is 0.260 e. The lowest BCUT2D eigenvalue weighted by molar-refractivity contribution is 0.0974. The van der Waals surface area contributed by atoms with Crippen molar-refractivity contribution in [3.63, 3.8) is 0 Å². The normalized spacial score (nSPS) is 18.9. The van der Waals surface area contributed by atoms with Crippen molar-refractivity contribution in [2.45, 2.75) is 25.4 Å². The van der Waals surface area contributed by atoms with Crippen LogP contribution in [-0.4, -0.2) is 16.9 Å². The van der Waals surface area contributed by atoms with Crippen molar-refractivity contribution >= 4 is 17.3 Å². The highest BCUT2D eigenvalue weighted by Gasteiger charge is 2.34. The van der Waals surface area contributed by atoms with Crippen molar-refractivity contribution in [3.05, 3.63) is 90.3 Å². The number of hydrogen-bond donors (Lipinski definition) is 1. The van der Waals surface area contributed by atoms with E-state index in [1.165, 1.54) is 0 Å². The lowest BCUT2D eigenvalue weighted by atomic mass is 9.91. The molecule has 2 atom stereocenters. The second-order valence-corrected chi connectivity index (χ2v) is 6.62. The fourth-order valence-electron chi connectivity index (χ4n) is 3.62. The number of rotatable bonds is 3. The maximum atomic E-state index is 13.1. The number of carbonyl (C=O) groups excluding carboxylic acids is 1. The number of nitrogens with one attached hydrogen (secondary N) is 1. The largest absolute Gasteiger partial charge is 0.378 e. The summed E-state index contributed by atoms with van der Waals surface area (Å²) in [4.78, 5) is 19.1. The standard InChI is InChI=1S/C22H21N3O/c1-16-14-20(24-18-9-3-2-4-10-18)19-11-5-6-12-21(19)25(16)22(26)17-8-7-13-23-15-17/h2-13,15-16,20,24H,14H2,1H3/t16?,20-/m1/s1. The van der Waals surface area contributed by atoms with Crippen LogP contribution in [0.25, 0.3) is 0 Å². The molecule has 3 aromatic rings. The average Bonchev–Trinajstić information content (AvgIpc) is 2.69. The second kappa shape index (κ2) is 7.00. The molecule has 0 bridgehead atoms. The summed E-state index contributed by atoms with van der Waals surface area (Å²) in [5.74, 6) is -0.00351. The Hall–Kier alpha value is -3.14. The van der Waals surface area contributed by atoms with E-state index in [2.05, 4.69) is 35.4 Å². The van der Waals surface area contributed by atoms with Crippen LogP contribution in [0.4, 0.5) is 11.4 Å². The number of fused-ring (bicyclic) bond motifs is 1. The van der Waals surface area contributed by atoms with Gasteiger partial charge in [0, 0.05) is 29.8 Å². The molecule has 4 heteroatoms. The third kappa shape index (κ3) is 3.06. The minimum Gasteiger partial charge on any atom is -0.378 e. The molecule has 0 fully saturated rings. The van der Waals surface area contributed by atoms with Gasteiger partial charge in [-0.2, -0.15) is 0 Å². The Morgan fingerprint density at radius 2 is 1.81 bits per heavy atom. The first kappa shape index (κ1) is 16.3. The zero-order valence-electron chi connectivity index (χ0n) is 14.7. The van der Waals surface area contributed by atoms with Crippen molar-refractivity contribution in [2.24, 2.45) is 0 Å². The molecule has 1 N–H and O–H groups in total. The molecule has 4 rings (SSSR count). The van der Waals surface area contributed by atoms with Gasteiger partial charge in [0.2, 0.25) is 0 Å². The number of carbonyl (C=O) groups is 1. The van der Waals surface area contributed by atoms with Gasteiger partial charge in [0.05, 0.1) is 11.6 Å². The van der Waals surface area contributed by atoms with Gasteiger partial charge in [-0.3, -0.25) is 9.78 Å². The number of hydrogen-bond acceptors (Lipinski definition) is 3. The molecule has 2 aromatic carbocycles. The van der Waals surface area contributed by atoms with Gasteiger partial charge < -0.3 is 10.2 Å². The quantitative estimate of drug-likeness (QED) is 0.751. The van der Waals surface area contributed by atoms with Crippen molar-refractivity contribution in [1.29, 1.82) is 0 Å². The Balaban J connectivity index is 1.69. The maximum absolute atomic E-state index is 13.1. The van der Waals surface area contributed by atoms with Crippen molar-refractivity contribution < 1.29 is 4.79 Å². The third-order valence-corrected chi connectivity index (χ3v) is 4.83. The lowest BCUT2D eigenvalue weighted by Crippen LogP contribution is -2.44. The topological polar surface area (TPSA) is 45.2 Å². The van der Waals surface area contributed by atoms with E-state index in [4.69, 9.17) is 0 Å². The number of aromatic nitrogens is 1. The number of nitrogens with zero attached hydrogens (tertiary/aromatic N) is 2. The SMILES string of the molecule is CC1C[C@@H](Nc2ccccc2)c2ccccc2N1C(=O)c1cccnc1. The van der Waals surface area contributed by atoms with E-state index in [1.807, 2.05) is 47.4 Å². The van der Waals surface area contributed by atoms with E-state index in [0.29, 0.717) is 5.56 Å². The van der Waals surface area contributed by atoms with Gasteiger partial charge in [-0.15, -0.1) is 0 Å². The summed E-state index contributed by atoms with van der Waals surface area (Å²) in [7, 11) is 0. The van der Waals surface area contributed by atoms with Crippen LogP contribution in [0.15, 0.2) is 79.1 Å². The van der Waals surface area contributed by atoms with Crippen LogP contribution in [0.1, 0.15) is 35.3 Å². The second-order valence-electron chi connectivity index (χ2n) is 6.62. The van der Waals surface area contributed by atoms with Gasteiger partial charge >= 0.3 is 0 Å². The minimum absolute atomic E-state index is 0.00351. The summed E-state index contributed by atoms with van der Waals surface area (Å²) in [6, 6.07) is 22.2. The van der Waals surface area contributed by atoms with E-state index in [-0.39, 0.29) is 18.0 Å². The molecule has 0 radical (unpaired) electrons. The van der Waals surface area contributed by atoms with Crippen molar-refractivity contribution in [2.75, 3.05) is 10.2 Å². The monoisotopic (exact) mass is 343 g/mol. The first-order chi connectivity index (χ1) is 12.7.